The highest BCUT2D eigenvalue weighted by Crippen LogP contribution is 2.24. The lowest BCUT2D eigenvalue weighted by Gasteiger charge is -2.04. The molecule has 0 aliphatic carbocycles. The highest BCUT2D eigenvalue weighted by atomic mass is 35.5. The SMILES string of the molecule is [NH]C(=S)Nc1ccc(Cl)cc1Cl. The van der Waals surface area contributed by atoms with Gasteiger partial charge in [-0.1, -0.05) is 23.2 Å². The average molecular weight is 220 g/mol. The van der Waals surface area contributed by atoms with E-state index >= 15 is 0 Å². The molecule has 2 N–H and O–H groups in total. The van der Waals surface area contributed by atoms with Crippen molar-refractivity contribution < 1.29 is 0 Å². The number of rotatable bonds is 1. The predicted molar refractivity (Wildman–Crippen MR) is 55.8 cm³/mol. The molecule has 12 heavy (non-hydrogen) atoms. The van der Waals surface area contributed by atoms with E-state index in [2.05, 4.69) is 17.5 Å². The van der Waals surface area contributed by atoms with Crippen molar-refractivity contribution in [3.05, 3.63) is 28.2 Å². The van der Waals surface area contributed by atoms with Crippen molar-refractivity contribution in [1.82, 2.24) is 5.73 Å². The van der Waals surface area contributed by atoms with E-state index in [1.165, 1.54) is 0 Å². The Hall–Kier alpha value is -0.510. The van der Waals surface area contributed by atoms with E-state index < -0.39 is 0 Å². The van der Waals surface area contributed by atoms with Crippen LogP contribution in [0.2, 0.25) is 10.0 Å². The quantitative estimate of drug-likeness (QED) is 0.738. The third-order valence-electron chi connectivity index (χ3n) is 1.18. The predicted octanol–water partition coefficient (Wildman–Crippen LogP) is 2.97. The first-order valence-corrected chi connectivity index (χ1v) is 4.23. The molecular formula is C7H5Cl2N2S. The highest BCUT2D eigenvalue weighted by Gasteiger charge is 2.00. The lowest BCUT2D eigenvalue weighted by atomic mass is 10.3. The van der Waals surface area contributed by atoms with Crippen LogP contribution < -0.4 is 11.1 Å². The topological polar surface area (TPSA) is 35.8 Å². The first-order valence-electron chi connectivity index (χ1n) is 3.07. The summed E-state index contributed by atoms with van der Waals surface area (Å²) in [5.74, 6) is 0. The number of halogens is 2. The van der Waals surface area contributed by atoms with Gasteiger partial charge in [0.05, 0.1) is 10.7 Å². The minimum absolute atomic E-state index is 0.0702. The molecule has 0 saturated carbocycles. The molecule has 0 aliphatic heterocycles. The molecule has 0 saturated heterocycles. The van der Waals surface area contributed by atoms with Crippen LogP contribution in [0.5, 0.6) is 0 Å². The van der Waals surface area contributed by atoms with Crippen LogP contribution in [0.4, 0.5) is 5.69 Å². The molecule has 1 aromatic rings. The van der Waals surface area contributed by atoms with Crippen molar-refractivity contribution in [3.63, 3.8) is 0 Å². The van der Waals surface area contributed by atoms with Crippen LogP contribution in [0.3, 0.4) is 0 Å². The van der Waals surface area contributed by atoms with E-state index in [1.54, 1.807) is 18.2 Å². The maximum atomic E-state index is 6.99. The van der Waals surface area contributed by atoms with Crippen LogP contribution in [0.1, 0.15) is 0 Å². The molecule has 2 nitrogen and oxygen atoms in total. The third-order valence-corrected chi connectivity index (χ3v) is 1.83. The van der Waals surface area contributed by atoms with Gasteiger partial charge in [0.15, 0.2) is 5.11 Å². The van der Waals surface area contributed by atoms with Crippen LogP contribution in [0.15, 0.2) is 18.2 Å². The van der Waals surface area contributed by atoms with Gasteiger partial charge in [-0.05, 0) is 30.4 Å². The van der Waals surface area contributed by atoms with E-state index in [9.17, 15) is 0 Å². The van der Waals surface area contributed by atoms with Gasteiger partial charge in [0.1, 0.15) is 0 Å². The zero-order valence-corrected chi connectivity index (χ0v) is 8.22. The summed E-state index contributed by atoms with van der Waals surface area (Å²) in [4.78, 5) is 0. The second-order valence-electron chi connectivity index (χ2n) is 2.08. The normalized spacial score (nSPS) is 9.50. The molecule has 1 rings (SSSR count). The van der Waals surface area contributed by atoms with Gasteiger partial charge in [0.2, 0.25) is 0 Å². The van der Waals surface area contributed by atoms with Gasteiger partial charge in [-0.25, -0.2) is 0 Å². The maximum absolute atomic E-state index is 6.99. The Balaban J connectivity index is 2.93. The Labute approximate surface area is 85.7 Å². The Morgan fingerprint density at radius 3 is 2.58 bits per heavy atom. The first kappa shape index (κ1) is 9.58. The monoisotopic (exact) mass is 219 g/mol. The minimum atomic E-state index is -0.0702. The molecular weight excluding hydrogens is 215 g/mol. The first-order chi connectivity index (χ1) is 5.59. The van der Waals surface area contributed by atoms with E-state index in [-0.39, 0.29) is 5.11 Å². The maximum Gasteiger partial charge on any atom is 0.189 e. The zero-order chi connectivity index (χ0) is 9.14. The van der Waals surface area contributed by atoms with Gasteiger partial charge in [-0.15, -0.1) is 0 Å². The zero-order valence-electron chi connectivity index (χ0n) is 5.90. The molecule has 1 aromatic carbocycles. The second kappa shape index (κ2) is 3.94. The van der Waals surface area contributed by atoms with Crippen LogP contribution in [-0.4, -0.2) is 5.11 Å². The van der Waals surface area contributed by atoms with Crippen LogP contribution in [0.25, 0.3) is 0 Å². The fourth-order valence-electron chi connectivity index (χ4n) is 0.713. The molecule has 0 atom stereocenters. The van der Waals surface area contributed by atoms with E-state index in [0.29, 0.717) is 15.7 Å². The van der Waals surface area contributed by atoms with Gasteiger partial charge in [0, 0.05) is 5.02 Å². The molecule has 0 heterocycles. The second-order valence-corrected chi connectivity index (χ2v) is 3.33. The summed E-state index contributed by atoms with van der Waals surface area (Å²) in [5, 5.41) is 3.55. The summed E-state index contributed by atoms with van der Waals surface area (Å²) in [6, 6.07) is 4.93. The fourth-order valence-corrected chi connectivity index (χ4v) is 1.28. The molecule has 0 unspecified atom stereocenters. The molecule has 1 radical (unpaired) electrons. The van der Waals surface area contributed by atoms with Crippen LogP contribution >= 0.6 is 35.4 Å². The summed E-state index contributed by atoms with van der Waals surface area (Å²) in [6.45, 7) is 0. The van der Waals surface area contributed by atoms with E-state index in [0.717, 1.165) is 0 Å². The summed E-state index contributed by atoms with van der Waals surface area (Å²) < 4.78 is 0. The molecule has 5 heteroatoms. The lowest BCUT2D eigenvalue weighted by Crippen LogP contribution is -2.09. The Morgan fingerprint density at radius 2 is 2.08 bits per heavy atom. The molecule has 0 aliphatic rings. The van der Waals surface area contributed by atoms with Crippen molar-refractivity contribution in [2.45, 2.75) is 0 Å². The number of hydrogen-bond acceptors (Lipinski definition) is 1. The molecule has 0 amide bonds. The number of hydrogen-bond donors (Lipinski definition) is 1. The molecule has 0 fully saturated rings. The molecule has 63 valence electrons. The Bertz CT molecular complexity index is 314. The summed E-state index contributed by atoms with van der Waals surface area (Å²) in [6.07, 6.45) is 0. The van der Waals surface area contributed by atoms with E-state index in [1.807, 2.05) is 0 Å². The molecule has 0 aromatic heterocycles. The summed E-state index contributed by atoms with van der Waals surface area (Å²) in [7, 11) is 0. The largest absolute Gasteiger partial charge is 0.330 e. The Morgan fingerprint density at radius 1 is 1.42 bits per heavy atom. The van der Waals surface area contributed by atoms with Crippen molar-refractivity contribution >= 4 is 46.2 Å². The molecule has 0 spiro atoms. The molecule has 0 bridgehead atoms. The Kier molecular flexibility index (Phi) is 3.14. The van der Waals surface area contributed by atoms with Gasteiger partial charge >= 0.3 is 0 Å². The van der Waals surface area contributed by atoms with Gasteiger partial charge in [-0.2, -0.15) is 0 Å². The minimum Gasteiger partial charge on any atom is -0.330 e. The van der Waals surface area contributed by atoms with Crippen LogP contribution in [-0.2, 0) is 0 Å². The van der Waals surface area contributed by atoms with Gasteiger partial charge < -0.3 is 5.32 Å². The highest BCUT2D eigenvalue weighted by molar-refractivity contribution is 7.80. The number of anilines is 1. The van der Waals surface area contributed by atoms with Crippen molar-refractivity contribution in [2.75, 3.05) is 5.32 Å². The smallest absolute Gasteiger partial charge is 0.189 e. The van der Waals surface area contributed by atoms with Crippen molar-refractivity contribution in [1.29, 1.82) is 0 Å². The lowest BCUT2D eigenvalue weighted by molar-refractivity contribution is 1.58. The van der Waals surface area contributed by atoms with E-state index in [4.69, 9.17) is 28.9 Å². The standard InChI is InChI=1S/C7H5Cl2N2S/c8-4-1-2-6(5(9)3-4)11-7(10)12/h1-3,10H,(H,11,12). The average Bonchev–Trinajstić information content (AvgIpc) is 1.94. The summed E-state index contributed by atoms with van der Waals surface area (Å²) in [5.41, 5.74) is 7.59. The third kappa shape index (κ3) is 2.52. The fraction of sp³-hybridized carbons (Fsp3) is 0. The van der Waals surface area contributed by atoms with Crippen molar-refractivity contribution in [2.24, 2.45) is 0 Å². The van der Waals surface area contributed by atoms with Crippen molar-refractivity contribution in [3.8, 4) is 0 Å². The van der Waals surface area contributed by atoms with Crippen LogP contribution in [0, 0.1) is 0 Å². The van der Waals surface area contributed by atoms with Gasteiger partial charge in [0.25, 0.3) is 0 Å². The number of thiocarbonyl (C=S) groups is 1. The van der Waals surface area contributed by atoms with Gasteiger partial charge in [-0.3, -0.25) is 5.73 Å². The number of benzene rings is 1. The summed E-state index contributed by atoms with van der Waals surface area (Å²) >= 11 is 16.0. The number of nitrogens with one attached hydrogen (secondary N) is 2.